The van der Waals surface area contributed by atoms with Crippen molar-refractivity contribution in [2.45, 2.75) is 45.8 Å². The van der Waals surface area contributed by atoms with Gasteiger partial charge < -0.3 is 15.2 Å². The lowest BCUT2D eigenvalue weighted by Gasteiger charge is -2.16. The van der Waals surface area contributed by atoms with Crippen molar-refractivity contribution in [2.75, 3.05) is 6.54 Å². The molecule has 20 heavy (non-hydrogen) atoms. The topological polar surface area (TPSA) is 58.6 Å². The molecule has 0 aliphatic rings. The van der Waals surface area contributed by atoms with Crippen molar-refractivity contribution in [3.63, 3.8) is 0 Å². The Morgan fingerprint density at radius 3 is 2.75 bits per heavy atom. The summed E-state index contributed by atoms with van der Waals surface area (Å²) in [5, 5.41) is 12.4. The number of carboxylic acid groups (broad SMARTS) is 1. The Bertz CT molecular complexity index is 437. The summed E-state index contributed by atoms with van der Waals surface area (Å²) in [6.07, 6.45) is 1.58. The van der Waals surface area contributed by atoms with Crippen LogP contribution in [-0.2, 0) is 11.3 Å². The number of nitrogens with one attached hydrogen (secondary N) is 1. The van der Waals surface area contributed by atoms with E-state index >= 15 is 0 Å². The Hall–Kier alpha value is -1.07. The molecule has 0 aromatic heterocycles. The fourth-order valence-corrected chi connectivity index (χ4v) is 2.21. The second-order valence-electron chi connectivity index (χ2n) is 4.66. The van der Waals surface area contributed by atoms with Crippen molar-refractivity contribution in [3.8, 4) is 5.75 Å². The van der Waals surface area contributed by atoms with E-state index in [0.717, 1.165) is 36.0 Å². The standard InChI is InChI=1S/C15H22BrNO3/c1-3-5-14(15(18)19)20-12-6-7-13(16)11(9-12)10-17-8-4-2/h6-7,9,14,17H,3-5,8,10H2,1-2H3,(H,18,19). The van der Waals surface area contributed by atoms with Gasteiger partial charge in [-0.1, -0.05) is 36.2 Å². The van der Waals surface area contributed by atoms with Gasteiger partial charge in [0.25, 0.3) is 0 Å². The van der Waals surface area contributed by atoms with Crippen molar-refractivity contribution >= 4 is 21.9 Å². The van der Waals surface area contributed by atoms with E-state index in [9.17, 15) is 4.79 Å². The van der Waals surface area contributed by atoms with Crippen LogP contribution in [0.1, 0.15) is 38.7 Å². The van der Waals surface area contributed by atoms with Gasteiger partial charge >= 0.3 is 5.97 Å². The average molecular weight is 344 g/mol. The van der Waals surface area contributed by atoms with Crippen LogP contribution in [0.15, 0.2) is 22.7 Å². The van der Waals surface area contributed by atoms with E-state index in [1.807, 2.05) is 19.1 Å². The third kappa shape index (κ3) is 5.51. The maximum Gasteiger partial charge on any atom is 0.344 e. The van der Waals surface area contributed by atoms with Gasteiger partial charge in [-0.3, -0.25) is 0 Å². The largest absolute Gasteiger partial charge is 0.479 e. The molecule has 1 aromatic rings. The number of ether oxygens (including phenoxy) is 1. The summed E-state index contributed by atoms with van der Waals surface area (Å²) >= 11 is 3.50. The molecule has 2 N–H and O–H groups in total. The Kier molecular flexibility index (Phi) is 7.62. The molecule has 1 aromatic carbocycles. The van der Waals surface area contributed by atoms with Crippen LogP contribution in [0.25, 0.3) is 0 Å². The van der Waals surface area contributed by atoms with Crippen LogP contribution in [0.5, 0.6) is 5.75 Å². The smallest absolute Gasteiger partial charge is 0.344 e. The second kappa shape index (κ2) is 8.97. The minimum Gasteiger partial charge on any atom is -0.479 e. The predicted octanol–water partition coefficient (Wildman–Crippen LogP) is 3.58. The average Bonchev–Trinajstić information content (AvgIpc) is 2.41. The van der Waals surface area contributed by atoms with Gasteiger partial charge in [-0.15, -0.1) is 0 Å². The van der Waals surface area contributed by atoms with Crippen LogP contribution < -0.4 is 10.1 Å². The SMILES string of the molecule is CCCNCc1cc(OC(CCC)C(=O)O)ccc1Br. The molecule has 0 heterocycles. The minimum atomic E-state index is -0.916. The van der Waals surface area contributed by atoms with Crippen LogP contribution in [0.3, 0.4) is 0 Å². The Morgan fingerprint density at radius 1 is 1.40 bits per heavy atom. The van der Waals surface area contributed by atoms with Gasteiger partial charge in [0.05, 0.1) is 0 Å². The van der Waals surface area contributed by atoms with Gasteiger partial charge in [-0.05, 0) is 43.1 Å². The van der Waals surface area contributed by atoms with Crippen molar-refractivity contribution in [3.05, 3.63) is 28.2 Å². The number of carbonyl (C=O) groups is 1. The molecule has 0 bridgehead atoms. The van der Waals surface area contributed by atoms with Crippen LogP contribution >= 0.6 is 15.9 Å². The maximum absolute atomic E-state index is 11.1. The molecule has 0 aliphatic carbocycles. The predicted molar refractivity (Wildman–Crippen MR) is 83.1 cm³/mol. The van der Waals surface area contributed by atoms with E-state index < -0.39 is 12.1 Å². The summed E-state index contributed by atoms with van der Waals surface area (Å²) in [5.41, 5.74) is 1.07. The molecule has 4 nitrogen and oxygen atoms in total. The summed E-state index contributed by atoms with van der Waals surface area (Å²) in [6.45, 7) is 5.74. The molecule has 0 aliphatic heterocycles. The molecule has 1 unspecified atom stereocenters. The first-order chi connectivity index (χ1) is 9.58. The Labute approximate surface area is 128 Å². The number of rotatable bonds is 9. The fourth-order valence-electron chi connectivity index (χ4n) is 1.82. The normalized spacial score (nSPS) is 12.2. The first kappa shape index (κ1) is 17.0. The fraction of sp³-hybridized carbons (Fsp3) is 0.533. The number of hydrogen-bond acceptors (Lipinski definition) is 3. The zero-order valence-electron chi connectivity index (χ0n) is 12.0. The Balaban J connectivity index is 2.74. The highest BCUT2D eigenvalue weighted by Gasteiger charge is 2.18. The van der Waals surface area contributed by atoms with E-state index in [1.165, 1.54) is 0 Å². The molecule has 0 saturated heterocycles. The van der Waals surface area contributed by atoms with Crippen molar-refractivity contribution in [1.82, 2.24) is 5.32 Å². The van der Waals surface area contributed by atoms with Crippen molar-refractivity contribution in [1.29, 1.82) is 0 Å². The van der Waals surface area contributed by atoms with E-state index in [1.54, 1.807) is 6.07 Å². The van der Waals surface area contributed by atoms with Gasteiger partial charge in [0.15, 0.2) is 6.10 Å². The van der Waals surface area contributed by atoms with E-state index in [4.69, 9.17) is 9.84 Å². The zero-order valence-corrected chi connectivity index (χ0v) is 13.6. The van der Waals surface area contributed by atoms with Crippen LogP contribution in [0.2, 0.25) is 0 Å². The van der Waals surface area contributed by atoms with Crippen LogP contribution in [-0.4, -0.2) is 23.7 Å². The summed E-state index contributed by atoms with van der Waals surface area (Å²) in [6, 6.07) is 5.57. The minimum absolute atomic E-state index is 0.509. The maximum atomic E-state index is 11.1. The molecule has 5 heteroatoms. The first-order valence-electron chi connectivity index (χ1n) is 6.97. The molecule has 0 radical (unpaired) electrons. The van der Waals surface area contributed by atoms with E-state index in [2.05, 4.69) is 28.2 Å². The number of hydrogen-bond donors (Lipinski definition) is 2. The number of carboxylic acids is 1. The summed E-state index contributed by atoms with van der Waals surface area (Å²) in [4.78, 5) is 11.1. The highest BCUT2D eigenvalue weighted by molar-refractivity contribution is 9.10. The molecule has 112 valence electrons. The third-order valence-corrected chi connectivity index (χ3v) is 3.64. The molecular weight excluding hydrogens is 322 g/mol. The molecule has 0 saturated carbocycles. The number of halogens is 1. The lowest BCUT2D eigenvalue weighted by Crippen LogP contribution is -2.26. The summed E-state index contributed by atoms with van der Waals surface area (Å²) < 4.78 is 6.57. The van der Waals surface area contributed by atoms with Crippen LogP contribution in [0, 0.1) is 0 Å². The third-order valence-electron chi connectivity index (χ3n) is 2.86. The van der Waals surface area contributed by atoms with Gasteiger partial charge in [-0.2, -0.15) is 0 Å². The quantitative estimate of drug-likeness (QED) is 0.673. The lowest BCUT2D eigenvalue weighted by molar-refractivity contribution is -0.145. The molecular formula is C15H22BrNO3. The van der Waals surface area contributed by atoms with E-state index in [-0.39, 0.29) is 0 Å². The summed E-state index contributed by atoms with van der Waals surface area (Å²) in [7, 11) is 0. The molecule has 0 fully saturated rings. The van der Waals surface area contributed by atoms with E-state index in [0.29, 0.717) is 12.2 Å². The highest BCUT2D eigenvalue weighted by Crippen LogP contribution is 2.24. The van der Waals surface area contributed by atoms with Crippen LogP contribution in [0.4, 0.5) is 0 Å². The number of benzene rings is 1. The Morgan fingerprint density at radius 2 is 2.15 bits per heavy atom. The highest BCUT2D eigenvalue weighted by atomic mass is 79.9. The van der Waals surface area contributed by atoms with Gasteiger partial charge in [0, 0.05) is 11.0 Å². The first-order valence-corrected chi connectivity index (χ1v) is 7.76. The molecule has 1 atom stereocenters. The van der Waals surface area contributed by atoms with Gasteiger partial charge in [0.1, 0.15) is 5.75 Å². The zero-order chi connectivity index (χ0) is 15.0. The van der Waals surface area contributed by atoms with Crippen molar-refractivity contribution in [2.24, 2.45) is 0 Å². The lowest BCUT2D eigenvalue weighted by atomic mass is 10.2. The summed E-state index contributed by atoms with van der Waals surface area (Å²) in [5.74, 6) is -0.317. The molecule has 0 spiro atoms. The molecule has 0 amide bonds. The monoisotopic (exact) mass is 343 g/mol. The molecule has 1 rings (SSSR count). The van der Waals surface area contributed by atoms with Crippen molar-refractivity contribution < 1.29 is 14.6 Å². The second-order valence-corrected chi connectivity index (χ2v) is 5.52. The van der Waals surface area contributed by atoms with Gasteiger partial charge in [-0.25, -0.2) is 4.79 Å². The number of aliphatic carboxylic acids is 1. The van der Waals surface area contributed by atoms with Gasteiger partial charge in [0.2, 0.25) is 0 Å².